The smallest absolute Gasteiger partial charge is 0.227 e. The quantitative estimate of drug-likeness (QED) is 0.837. The second kappa shape index (κ2) is 7.71. The highest BCUT2D eigenvalue weighted by molar-refractivity contribution is 7.15. The summed E-state index contributed by atoms with van der Waals surface area (Å²) in [6, 6.07) is 0. The first kappa shape index (κ1) is 15.4. The van der Waals surface area contributed by atoms with Gasteiger partial charge in [0.25, 0.3) is 0 Å². The van der Waals surface area contributed by atoms with Crippen LogP contribution >= 0.6 is 23.7 Å². The molecule has 0 aliphatic heterocycles. The number of nitrogens with zero attached hydrogens (tertiary/aromatic N) is 1. The van der Waals surface area contributed by atoms with Crippen LogP contribution in [-0.2, 0) is 17.6 Å². The Bertz CT molecular complexity index is 371. The van der Waals surface area contributed by atoms with E-state index in [1.54, 1.807) is 11.3 Å². The van der Waals surface area contributed by atoms with Gasteiger partial charge < -0.3 is 10.6 Å². The van der Waals surface area contributed by atoms with E-state index in [1.807, 2.05) is 7.05 Å². The number of anilines is 1. The van der Waals surface area contributed by atoms with Crippen LogP contribution < -0.4 is 10.6 Å². The van der Waals surface area contributed by atoms with Crippen LogP contribution in [0.5, 0.6) is 0 Å². The highest BCUT2D eigenvalue weighted by Gasteiger charge is 2.14. The molecule has 2 rings (SSSR count). The van der Waals surface area contributed by atoms with E-state index < -0.39 is 0 Å². The van der Waals surface area contributed by atoms with E-state index in [-0.39, 0.29) is 18.3 Å². The lowest BCUT2D eigenvalue weighted by molar-refractivity contribution is -0.116. The third kappa shape index (κ3) is 4.23. The van der Waals surface area contributed by atoms with Gasteiger partial charge in [-0.15, -0.1) is 23.7 Å². The lowest BCUT2D eigenvalue weighted by Crippen LogP contribution is -2.18. The van der Waals surface area contributed by atoms with Crippen molar-refractivity contribution in [2.45, 2.75) is 38.5 Å². The molecule has 0 bridgehead atoms. The molecule has 0 saturated carbocycles. The van der Waals surface area contributed by atoms with E-state index >= 15 is 0 Å². The van der Waals surface area contributed by atoms with Crippen LogP contribution in [0.15, 0.2) is 0 Å². The summed E-state index contributed by atoms with van der Waals surface area (Å²) in [5.74, 6) is 0.0447. The summed E-state index contributed by atoms with van der Waals surface area (Å²) in [5.41, 5.74) is 1.21. The van der Waals surface area contributed by atoms with Crippen molar-refractivity contribution in [3.63, 3.8) is 0 Å². The van der Waals surface area contributed by atoms with Gasteiger partial charge in [0.15, 0.2) is 5.13 Å². The summed E-state index contributed by atoms with van der Waals surface area (Å²) in [6.45, 7) is 0.705. The summed E-state index contributed by atoms with van der Waals surface area (Å²) in [5, 5.41) is 6.62. The molecule has 0 fully saturated rings. The van der Waals surface area contributed by atoms with Crippen LogP contribution in [-0.4, -0.2) is 24.5 Å². The minimum atomic E-state index is 0. The van der Waals surface area contributed by atoms with E-state index in [0.29, 0.717) is 13.0 Å². The summed E-state index contributed by atoms with van der Waals surface area (Å²) in [4.78, 5) is 17.5. The van der Waals surface area contributed by atoms with Gasteiger partial charge in [0.1, 0.15) is 0 Å². The normalized spacial score (nSPS) is 14.3. The molecule has 1 aromatic rings. The van der Waals surface area contributed by atoms with Gasteiger partial charge in [0.2, 0.25) is 5.91 Å². The number of amides is 1. The van der Waals surface area contributed by atoms with Crippen molar-refractivity contribution in [3.8, 4) is 0 Å². The molecular weight excluding hydrogens is 270 g/mol. The number of fused-ring (bicyclic) bond motifs is 1. The number of carbonyl (C=O) groups is 1. The number of carbonyl (C=O) groups excluding carboxylic acids is 1. The number of halogens is 1. The topological polar surface area (TPSA) is 54.0 Å². The van der Waals surface area contributed by atoms with E-state index in [4.69, 9.17) is 0 Å². The van der Waals surface area contributed by atoms with Crippen LogP contribution in [0.3, 0.4) is 0 Å². The minimum absolute atomic E-state index is 0. The number of rotatable bonds is 4. The first-order valence-electron chi connectivity index (χ1n) is 6.22. The average Bonchev–Trinajstić information content (AvgIpc) is 2.56. The Balaban J connectivity index is 0.00000162. The van der Waals surface area contributed by atoms with Crippen molar-refractivity contribution in [3.05, 3.63) is 10.6 Å². The van der Waals surface area contributed by atoms with Crippen molar-refractivity contribution >= 4 is 34.8 Å². The fourth-order valence-electron chi connectivity index (χ4n) is 2.00. The SMILES string of the molecule is CNCCC(=O)Nc1nc2c(s1)CCCCC2.Cl. The number of nitrogens with one attached hydrogen (secondary N) is 2. The van der Waals surface area contributed by atoms with Crippen molar-refractivity contribution in [2.24, 2.45) is 0 Å². The predicted molar refractivity (Wildman–Crippen MR) is 77.8 cm³/mol. The molecule has 0 aromatic carbocycles. The Morgan fingerprint density at radius 1 is 1.33 bits per heavy atom. The summed E-state index contributed by atoms with van der Waals surface area (Å²) < 4.78 is 0. The third-order valence-corrected chi connectivity index (χ3v) is 4.02. The number of hydrogen-bond donors (Lipinski definition) is 2. The van der Waals surface area contributed by atoms with Gasteiger partial charge in [-0.3, -0.25) is 4.79 Å². The molecule has 1 aliphatic rings. The molecule has 0 unspecified atom stereocenters. The third-order valence-electron chi connectivity index (χ3n) is 2.94. The summed E-state index contributed by atoms with van der Waals surface area (Å²) in [6.07, 6.45) is 6.47. The zero-order valence-corrected chi connectivity index (χ0v) is 12.3. The molecule has 2 N–H and O–H groups in total. The molecule has 1 amide bonds. The molecule has 1 aromatic heterocycles. The Hall–Kier alpha value is -0.650. The van der Waals surface area contributed by atoms with Gasteiger partial charge >= 0.3 is 0 Å². The minimum Gasteiger partial charge on any atom is -0.319 e. The Labute approximate surface area is 118 Å². The van der Waals surface area contributed by atoms with Crippen LogP contribution in [0.25, 0.3) is 0 Å². The van der Waals surface area contributed by atoms with E-state index in [1.165, 1.54) is 29.8 Å². The Morgan fingerprint density at radius 2 is 2.11 bits per heavy atom. The van der Waals surface area contributed by atoms with Crippen molar-refractivity contribution in [2.75, 3.05) is 18.9 Å². The Kier molecular flexibility index (Phi) is 6.60. The molecule has 102 valence electrons. The first-order chi connectivity index (χ1) is 8.29. The highest BCUT2D eigenvalue weighted by Crippen LogP contribution is 2.28. The second-order valence-corrected chi connectivity index (χ2v) is 5.43. The molecule has 1 heterocycles. The molecule has 18 heavy (non-hydrogen) atoms. The maximum Gasteiger partial charge on any atom is 0.227 e. The molecule has 6 heteroatoms. The van der Waals surface area contributed by atoms with Crippen molar-refractivity contribution in [1.82, 2.24) is 10.3 Å². The molecule has 0 saturated heterocycles. The van der Waals surface area contributed by atoms with E-state index in [9.17, 15) is 4.79 Å². The Morgan fingerprint density at radius 3 is 2.89 bits per heavy atom. The molecule has 0 atom stereocenters. The number of aromatic nitrogens is 1. The molecule has 0 radical (unpaired) electrons. The van der Waals surface area contributed by atoms with Gasteiger partial charge in [-0.05, 0) is 32.7 Å². The van der Waals surface area contributed by atoms with Crippen molar-refractivity contribution in [1.29, 1.82) is 0 Å². The molecule has 0 spiro atoms. The average molecular weight is 290 g/mol. The van der Waals surface area contributed by atoms with Crippen LogP contribution in [0.2, 0.25) is 0 Å². The van der Waals surface area contributed by atoms with E-state index in [0.717, 1.165) is 18.0 Å². The van der Waals surface area contributed by atoms with Gasteiger partial charge in [-0.2, -0.15) is 0 Å². The fourth-order valence-corrected chi connectivity index (χ4v) is 3.07. The zero-order valence-electron chi connectivity index (χ0n) is 10.6. The van der Waals surface area contributed by atoms with Gasteiger partial charge in [-0.25, -0.2) is 4.98 Å². The van der Waals surface area contributed by atoms with Gasteiger partial charge in [-0.1, -0.05) is 6.42 Å². The van der Waals surface area contributed by atoms with E-state index in [2.05, 4.69) is 15.6 Å². The highest BCUT2D eigenvalue weighted by atomic mass is 35.5. The maximum atomic E-state index is 11.6. The van der Waals surface area contributed by atoms with Gasteiger partial charge in [0.05, 0.1) is 5.69 Å². The summed E-state index contributed by atoms with van der Waals surface area (Å²) in [7, 11) is 1.85. The standard InChI is InChI=1S/C12H19N3OS.ClH/c1-13-8-7-11(16)15-12-14-9-5-3-2-4-6-10(9)17-12;/h13H,2-8H2,1H3,(H,14,15,16);1H. The molecule has 4 nitrogen and oxygen atoms in total. The fraction of sp³-hybridized carbons (Fsp3) is 0.667. The van der Waals surface area contributed by atoms with Gasteiger partial charge in [0, 0.05) is 17.8 Å². The largest absolute Gasteiger partial charge is 0.319 e. The zero-order chi connectivity index (χ0) is 12.1. The second-order valence-electron chi connectivity index (χ2n) is 4.35. The maximum absolute atomic E-state index is 11.6. The first-order valence-corrected chi connectivity index (χ1v) is 7.04. The number of thiazole rings is 1. The predicted octanol–water partition coefficient (Wildman–Crippen LogP) is 2.38. The lowest BCUT2D eigenvalue weighted by atomic mass is 10.2. The molecule has 1 aliphatic carbocycles. The lowest BCUT2D eigenvalue weighted by Gasteiger charge is -2.00. The van der Waals surface area contributed by atoms with Crippen LogP contribution in [0.4, 0.5) is 5.13 Å². The molecular formula is C12H20ClN3OS. The van der Waals surface area contributed by atoms with Crippen molar-refractivity contribution < 1.29 is 4.79 Å². The number of hydrogen-bond acceptors (Lipinski definition) is 4. The summed E-state index contributed by atoms with van der Waals surface area (Å²) >= 11 is 1.65. The van der Waals surface area contributed by atoms with Crippen LogP contribution in [0, 0.1) is 0 Å². The van der Waals surface area contributed by atoms with Crippen LogP contribution in [0.1, 0.15) is 36.3 Å². The number of aryl methyl sites for hydroxylation is 2. The monoisotopic (exact) mass is 289 g/mol.